The number of ether oxygens (including phenoxy) is 1. The van der Waals surface area contributed by atoms with Crippen LogP contribution in [0.25, 0.3) is 0 Å². The fourth-order valence-corrected chi connectivity index (χ4v) is 3.82. The van der Waals surface area contributed by atoms with Gasteiger partial charge in [-0.2, -0.15) is 0 Å². The highest BCUT2D eigenvalue weighted by Crippen LogP contribution is 2.24. The lowest BCUT2D eigenvalue weighted by molar-refractivity contribution is -0.113. The van der Waals surface area contributed by atoms with E-state index in [1.165, 1.54) is 17.3 Å². The van der Waals surface area contributed by atoms with Crippen molar-refractivity contribution < 1.29 is 9.53 Å². The van der Waals surface area contributed by atoms with E-state index >= 15 is 0 Å². The summed E-state index contributed by atoms with van der Waals surface area (Å²) in [6.07, 6.45) is 1.78. The highest BCUT2D eigenvalue weighted by molar-refractivity contribution is 7.99. The SMILES string of the molecule is C=CCn1c(COc2ccc(C)cc2)nnc1SCC(=O)Nc1ccccc1C(C)C. The number of carbonyl (C=O) groups is 1. The van der Waals surface area contributed by atoms with Gasteiger partial charge in [0, 0.05) is 12.2 Å². The molecule has 2 aromatic carbocycles. The smallest absolute Gasteiger partial charge is 0.234 e. The molecule has 7 heteroatoms. The van der Waals surface area contributed by atoms with E-state index in [4.69, 9.17) is 4.74 Å². The second-order valence-corrected chi connectivity index (χ2v) is 8.42. The predicted octanol–water partition coefficient (Wildman–Crippen LogP) is 5.21. The van der Waals surface area contributed by atoms with E-state index in [1.807, 2.05) is 60.0 Å². The summed E-state index contributed by atoms with van der Waals surface area (Å²) in [5.41, 5.74) is 3.14. The number of aryl methyl sites for hydroxylation is 1. The molecule has 0 atom stereocenters. The van der Waals surface area contributed by atoms with Gasteiger partial charge < -0.3 is 10.1 Å². The van der Waals surface area contributed by atoms with Crippen LogP contribution in [0.3, 0.4) is 0 Å². The number of thioether (sulfide) groups is 1. The third-order valence-electron chi connectivity index (χ3n) is 4.68. The molecular weight excluding hydrogens is 408 g/mol. The Morgan fingerprint density at radius 1 is 1.19 bits per heavy atom. The molecule has 1 heterocycles. The number of hydrogen-bond donors (Lipinski definition) is 1. The minimum atomic E-state index is -0.0799. The number of rotatable bonds is 10. The number of hydrogen-bond acceptors (Lipinski definition) is 5. The Morgan fingerprint density at radius 3 is 2.65 bits per heavy atom. The fourth-order valence-electron chi connectivity index (χ4n) is 3.06. The van der Waals surface area contributed by atoms with Gasteiger partial charge in [-0.1, -0.05) is 67.6 Å². The van der Waals surface area contributed by atoms with Crippen LogP contribution in [0.15, 0.2) is 66.3 Å². The Balaban J connectivity index is 1.62. The molecule has 0 saturated carbocycles. The minimum Gasteiger partial charge on any atom is -0.486 e. The molecule has 0 bridgehead atoms. The Bertz CT molecular complexity index is 1030. The van der Waals surface area contributed by atoms with E-state index in [1.54, 1.807) is 6.08 Å². The van der Waals surface area contributed by atoms with Gasteiger partial charge in [0.05, 0.1) is 5.75 Å². The van der Waals surface area contributed by atoms with Crippen LogP contribution in [-0.4, -0.2) is 26.4 Å². The molecule has 0 aliphatic carbocycles. The first-order valence-electron chi connectivity index (χ1n) is 10.2. The van der Waals surface area contributed by atoms with Gasteiger partial charge >= 0.3 is 0 Å². The van der Waals surface area contributed by atoms with Gasteiger partial charge in [0.15, 0.2) is 11.0 Å². The summed E-state index contributed by atoms with van der Waals surface area (Å²) in [5, 5.41) is 12.2. The van der Waals surface area contributed by atoms with E-state index in [0.717, 1.165) is 17.0 Å². The predicted molar refractivity (Wildman–Crippen MR) is 126 cm³/mol. The van der Waals surface area contributed by atoms with E-state index in [2.05, 4.69) is 35.9 Å². The lowest BCUT2D eigenvalue weighted by Gasteiger charge is -2.13. The Morgan fingerprint density at radius 2 is 1.94 bits per heavy atom. The van der Waals surface area contributed by atoms with Crippen molar-refractivity contribution in [3.8, 4) is 5.75 Å². The van der Waals surface area contributed by atoms with Crippen LogP contribution in [0, 0.1) is 6.92 Å². The van der Waals surface area contributed by atoms with Crippen LogP contribution in [0.2, 0.25) is 0 Å². The van der Waals surface area contributed by atoms with Crippen molar-refractivity contribution in [3.63, 3.8) is 0 Å². The maximum Gasteiger partial charge on any atom is 0.234 e. The van der Waals surface area contributed by atoms with Crippen molar-refractivity contribution in [1.29, 1.82) is 0 Å². The van der Waals surface area contributed by atoms with Crippen LogP contribution in [0.4, 0.5) is 5.69 Å². The molecule has 3 aromatic rings. The number of para-hydroxylation sites is 1. The van der Waals surface area contributed by atoms with Crippen molar-refractivity contribution in [2.75, 3.05) is 11.1 Å². The molecule has 0 fully saturated rings. The Kier molecular flexibility index (Phi) is 7.89. The zero-order valence-electron chi connectivity index (χ0n) is 18.2. The molecular formula is C24H28N4O2S. The first kappa shape index (κ1) is 22.6. The quantitative estimate of drug-likeness (QED) is 0.349. The monoisotopic (exact) mass is 436 g/mol. The highest BCUT2D eigenvalue weighted by Gasteiger charge is 2.15. The van der Waals surface area contributed by atoms with Crippen LogP contribution < -0.4 is 10.1 Å². The first-order chi connectivity index (χ1) is 15.0. The molecule has 0 radical (unpaired) electrons. The average molecular weight is 437 g/mol. The summed E-state index contributed by atoms with van der Waals surface area (Å²) in [5.74, 6) is 1.95. The number of benzene rings is 2. The summed E-state index contributed by atoms with van der Waals surface area (Å²) in [7, 11) is 0. The van der Waals surface area contributed by atoms with Gasteiger partial charge in [-0.25, -0.2) is 0 Å². The second kappa shape index (κ2) is 10.8. The van der Waals surface area contributed by atoms with Gasteiger partial charge in [0.2, 0.25) is 5.91 Å². The number of nitrogens with zero attached hydrogens (tertiary/aromatic N) is 3. The Labute approximate surface area is 187 Å². The number of aromatic nitrogens is 3. The Hall–Kier alpha value is -3.06. The molecule has 0 saturated heterocycles. The molecule has 1 N–H and O–H groups in total. The molecule has 6 nitrogen and oxygen atoms in total. The van der Waals surface area contributed by atoms with E-state index in [0.29, 0.717) is 30.1 Å². The third kappa shape index (κ3) is 6.21. The van der Waals surface area contributed by atoms with Gasteiger partial charge in [-0.15, -0.1) is 16.8 Å². The van der Waals surface area contributed by atoms with E-state index in [9.17, 15) is 4.79 Å². The van der Waals surface area contributed by atoms with Crippen LogP contribution in [0.1, 0.15) is 36.7 Å². The molecule has 162 valence electrons. The fraction of sp³-hybridized carbons (Fsp3) is 0.292. The molecule has 1 amide bonds. The van der Waals surface area contributed by atoms with Gasteiger partial charge in [0.1, 0.15) is 12.4 Å². The maximum absolute atomic E-state index is 12.5. The van der Waals surface area contributed by atoms with Crippen molar-refractivity contribution in [1.82, 2.24) is 14.8 Å². The summed E-state index contributed by atoms with van der Waals surface area (Å²) in [6, 6.07) is 15.7. The molecule has 0 aliphatic heterocycles. The summed E-state index contributed by atoms with van der Waals surface area (Å²) < 4.78 is 7.76. The lowest BCUT2D eigenvalue weighted by Crippen LogP contribution is -2.16. The molecule has 0 spiro atoms. The summed E-state index contributed by atoms with van der Waals surface area (Å²) in [4.78, 5) is 12.5. The number of amides is 1. The molecule has 3 rings (SSSR count). The van der Waals surface area contributed by atoms with Crippen molar-refractivity contribution in [2.45, 2.75) is 45.0 Å². The zero-order chi connectivity index (χ0) is 22.2. The maximum atomic E-state index is 12.5. The molecule has 0 unspecified atom stereocenters. The number of allylic oxidation sites excluding steroid dienone is 1. The van der Waals surface area contributed by atoms with Crippen LogP contribution >= 0.6 is 11.8 Å². The van der Waals surface area contributed by atoms with Gasteiger partial charge in [-0.3, -0.25) is 9.36 Å². The third-order valence-corrected chi connectivity index (χ3v) is 5.65. The van der Waals surface area contributed by atoms with E-state index < -0.39 is 0 Å². The second-order valence-electron chi connectivity index (χ2n) is 7.48. The van der Waals surface area contributed by atoms with E-state index in [-0.39, 0.29) is 11.7 Å². The zero-order valence-corrected chi connectivity index (χ0v) is 19.0. The molecule has 1 aromatic heterocycles. The number of nitrogens with one attached hydrogen (secondary N) is 1. The number of anilines is 1. The number of carbonyl (C=O) groups excluding carboxylic acids is 1. The molecule has 31 heavy (non-hydrogen) atoms. The lowest BCUT2D eigenvalue weighted by atomic mass is 10.0. The highest BCUT2D eigenvalue weighted by atomic mass is 32.2. The van der Waals surface area contributed by atoms with Crippen molar-refractivity contribution in [3.05, 3.63) is 78.1 Å². The largest absolute Gasteiger partial charge is 0.486 e. The van der Waals surface area contributed by atoms with Gasteiger partial charge in [-0.05, 0) is 36.6 Å². The van der Waals surface area contributed by atoms with Crippen LogP contribution in [0.5, 0.6) is 5.75 Å². The first-order valence-corrected chi connectivity index (χ1v) is 11.2. The summed E-state index contributed by atoms with van der Waals surface area (Å²) >= 11 is 1.35. The van der Waals surface area contributed by atoms with Crippen molar-refractivity contribution >= 4 is 23.4 Å². The van der Waals surface area contributed by atoms with Crippen molar-refractivity contribution in [2.24, 2.45) is 0 Å². The standard InChI is InChI=1S/C24H28N4O2S/c1-5-14-28-22(15-30-19-12-10-18(4)11-13-19)26-27-24(28)31-16-23(29)25-21-9-7-6-8-20(21)17(2)3/h5-13,17H,1,14-16H2,2-4H3,(H,25,29). The van der Waals surface area contributed by atoms with Crippen LogP contribution in [-0.2, 0) is 17.9 Å². The summed E-state index contributed by atoms with van der Waals surface area (Å²) in [6.45, 7) is 10.9. The topological polar surface area (TPSA) is 69.0 Å². The average Bonchev–Trinajstić information content (AvgIpc) is 3.14. The normalized spacial score (nSPS) is 10.8. The molecule has 0 aliphatic rings. The minimum absolute atomic E-state index is 0.0799. The van der Waals surface area contributed by atoms with Gasteiger partial charge in [0.25, 0.3) is 0 Å².